The second-order valence-corrected chi connectivity index (χ2v) is 3.85. The first-order valence-corrected chi connectivity index (χ1v) is 4.96. The van der Waals surface area contributed by atoms with Gasteiger partial charge in [-0.2, -0.15) is 5.26 Å². The molecule has 1 rings (SSSR count). The van der Waals surface area contributed by atoms with Gasteiger partial charge in [0.15, 0.2) is 0 Å². The molecule has 2 unspecified atom stereocenters. The van der Waals surface area contributed by atoms with Crippen molar-refractivity contribution in [3.63, 3.8) is 0 Å². The molecule has 0 amide bonds. The summed E-state index contributed by atoms with van der Waals surface area (Å²) in [5.74, 6) is 0. The van der Waals surface area contributed by atoms with Gasteiger partial charge in [0, 0.05) is 0 Å². The molecule has 0 aliphatic heterocycles. The molecule has 1 aromatic rings. The van der Waals surface area contributed by atoms with Crippen LogP contribution in [-0.4, -0.2) is 17.8 Å². The summed E-state index contributed by atoms with van der Waals surface area (Å²) in [6, 6.07) is 11.5. The van der Waals surface area contributed by atoms with Crippen molar-refractivity contribution in [2.75, 3.05) is 6.61 Å². The van der Waals surface area contributed by atoms with E-state index in [9.17, 15) is 5.11 Å². The summed E-state index contributed by atoms with van der Waals surface area (Å²) in [7, 11) is 0. The van der Waals surface area contributed by atoms with E-state index in [-0.39, 0.29) is 12.6 Å². The molecule has 0 aromatic heterocycles. The van der Waals surface area contributed by atoms with Crippen molar-refractivity contribution in [2.24, 2.45) is 0 Å². The van der Waals surface area contributed by atoms with Crippen LogP contribution in [0.25, 0.3) is 0 Å². The van der Waals surface area contributed by atoms with Crippen molar-refractivity contribution in [1.29, 1.82) is 5.26 Å². The maximum absolute atomic E-state index is 9.41. The summed E-state index contributed by atoms with van der Waals surface area (Å²) in [4.78, 5) is 0. The molecule has 2 N–H and O–H groups in total. The summed E-state index contributed by atoms with van der Waals surface area (Å²) in [5, 5.41) is 21.3. The maximum Gasteiger partial charge on any atom is 0.0931 e. The molecule has 0 fully saturated rings. The third-order valence-electron chi connectivity index (χ3n) is 2.46. The van der Waals surface area contributed by atoms with Crippen LogP contribution in [0.1, 0.15) is 19.4 Å². The molecule has 0 aliphatic rings. The highest BCUT2D eigenvalue weighted by atomic mass is 16.3. The van der Waals surface area contributed by atoms with Crippen LogP contribution in [0.3, 0.4) is 0 Å². The van der Waals surface area contributed by atoms with Gasteiger partial charge < -0.3 is 5.11 Å². The first kappa shape index (κ1) is 11.7. The van der Waals surface area contributed by atoms with Crippen LogP contribution < -0.4 is 5.32 Å². The van der Waals surface area contributed by atoms with Gasteiger partial charge in [-0.1, -0.05) is 30.3 Å². The van der Waals surface area contributed by atoms with E-state index in [4.69, 9.17) is 5.26 Å². The van der Waals surface area contributed by atoms with E-state index >= 15 is 0 Å². The normalized spacial score (nSPS) is 16.4. The van der Waals surface area contributed by atoms with E-state index in [0.717, 1.165) is 5.56 Å². The van der Waals surface area contributed by atoms with Crippen molar-refractivity contribution in [2.45, 2.75) is 25.4 Å². The van der Waals surface area contributed by atoms with E-state index in [0.29, 0.717) is 0 Å². The number of aliphatic hydroxyl groups is 1. The quantitative estimate of drug-likeness (QED) is 0.779. The average Bonchev–Trinajstić information content (AvgIpc) is 2.30. The summed E-state index contributed by atoms with van der Waals surface area (Å²) >= 11 is 0. The summed E-state index contributed by atoms with van der Waals surface area (Å²) in [6.07, 6.45) is 0. The third kappa shape index (κ3) is 2.79. The summed E-state index contributed by atoms with van der Waals surface area (Å²) in [6.45, 7) is 3.62. The van der Waals surface area contributed by atoms with Gasteiger partial charge in [-0.15, -0.1) is 0 Å². The molecule has 3 heteroatoms. The van der Waals surface area contributed by atoms with Gasteiger partial charge in [0.1, 0.15) is 0 Å². The minimum absolute atomic E-state index is 0.0387. The Morgan fingerprint density at radius 1 is 1.47 bits per heavy atom. The molecule has 0 saturated carbocycles. The van der Waals surface area contributed by atoms with Gasteiger partial charge in [-0.25, -0.2) is 0 Å². The standard InChI is InChI=1S/C12H16N2O/c1-10(8-13)14-12(2,9-15)11-6-4-3-5-7-11/h3-7,10,14-15H,9H2,1-2H3. The third-order valence-corrected chi connectivity index (χ3v) is 2.46. The Morgan fingerprint density at radius 3 is 2.53 bits per heavy atom. The van der Waals surface area contributed by atoms with Gasteiger partial charge in [-0.05, 0) is 19.4 Å². The van der Waals surface area contributed by atoms with Crippen molar-refractivity contribution in [3.8, 4) is 6.07 Å². The molecular weight excluding hydrogens is 188 g/mol. The van der Waals surface area contributed by atoms with E-state index in [1.54, 1.807) is 6.92 Å². The van der Waals surface area contributed by atoms with Crippen molar-refractivity contribution in [3.05, 3.63) is 35.9 Å². The lowest BCUT2D eigenvalue weighted by Gasteiger charge is -2.30. The lowest BCUT2D eigenvalue weighted by molar-refractivity contribution is 0.170. The first-order chi connectivity index (χ1) is 7.12. The molecule has 0 aliphatic carbocycles. The highest BCUT2D eigenvalue weighted by Crippen LogP contribution is 2.20. The Labute approximate surface area is 90.4 Å². The molecule has 0 spiro atoms. The summed E-state index contributed by atoms with van der Waals surface area (Å²) in [5.41, 5.74) is 0.422. The Hall–Kier alpha value is -1.37. The Kier molecular flexibility index (Phi) is 3.84. The Balaban J connectivity index is 2.91. The fourth-order valence-electron chi connectivity index (χ4n) is 1.54. The van der Waals surface area contributed by atoms with Gasteiger partial charge in [0.05, 0.1) is 24.3 Å². The van der Waals surface area contributed by atoms with Crippen LogP contribution in [0.5, 0.6) is 0 Å². The first-order valence-electron chi connectivity index (χ1n) is 4.96. The fourth-order valence-corrected chi connectivity index (χ4v) is 1.54. The van der Waals surface area contributed by atoms with Crippen LogP contribution in [0.4, 0.5) is 0 Å². The lowest BCUT2D eigenvalue weighted by Crippen LogP contribution is -2.46. The number of rotatable bonds is 4. The Morgan fingerprint density at radius 2 is 2.07 bits per heavy atom. The highest BCUT2D eigenvalue weighted by molar-refractivity contribution is 5.24. The van der Waals surface area contributed by atoms with Crippen LogP contribution >= 0.6 is 0 Å². The zero-order valence-electron chi connectivity index (χ0n) is 9.07. The van der Waals surface area contributed by atoms with Crippen LogP contribution in [0.15, 0.2) is 30.3 Å². The van der Waals surface area contributed by atoms with Crippen LogP contribution in [0, 0.1) is 11.3 Å². The smallest absolute Gasteiger partial charge is 0.0931 e. The zero-order chi connectivity index (χ0) is 11.3. The largest absolute Gasteiger partial charge is 0.394 e. The number of benzene rings is 1. The molecule has 0 bridgehead atoms. The van der Waals surface area contributed by atoms with E-state index in [1.165, 1.54) is 0 Å². The second kappa shape index (κ2) is 4.92. The average molecular weight is 204 g/mol. The molecule has 15 heavy (non-hydrogen) atoms. The number of hydrogen-bond acceptors (Lipinski definition) is 3. The number of nitrogens with zero attached hydrogens (tertiary/aromatic N) is 1. The zero-order valence-corrected chi connectivity index (χ0v) is 9.07. The monoisotopic (exact) mass is 204 g/mol. The number of nitriles is 1. The van der Waals surface area contributed by atoms with Crippen molar-refractivity contribution < 1.29 is 5.11 Å². The molecule has 3 nitrogen and oxygen atoms in total. The molecule has 0 heterocycles. The maximum atomic E-state index is 9.41. The van der Waals surface area contributed by atoms with Crippen LogP contribution in [0.2, 0.25) is 0 Å². The molecular formula is C12H16N2O. The number of nitrogens with one attached hydrogen (secondary N) is 1. The predicted molar refractivity (Wildman–Crippen MR) is 59.1 cm³/mol. The minimum Gasteiger partial charge on any atom is -0.394 e. The number of hydrogen-bond donors (Lipinski definition) is 2. The molecule has 80 valence electrons. The van der Waals surface area contributed by atoms with E-state index in [1.807, 2.05) is 37.3 Å². The van der Waals surface area contributed by atoms with Gasteiger partial charge >= 0.3 is 0 Å². The predicted octanol–water partition coefficient (Wildman–Crippen LogP) is 1.40. The van der Waals surface area contributed by atoms with Crippen molar-refractivity contribution >= 4 is 0 Å². The van der Waals surface area contributed by atoms with Crippen molar-refractivity contribution in [1.82, 2.24) is 5.32 Å². The van der Waals surface area contributed by atoms with Gasteiger partial charge in [0.2, 0.25) is 0 Å². The van der Waals surface area contributed by atoms with Gasteiger partial charge in [0.25, 0.3) is 0 Å². The Bertz CT molecular complexity index is 344. The topological polar surface area (TPSA) is 56.0 Å². The summed E-state index contributed by atoms with van der Waals surface area (Å²) < 4.78 is 0. The van der Waals surface area contributed by atoms with Crippen LogP contribution in [-0.2, 0) is 5.54 Å². The van der Waals surface area contributed by atoms with E-state index in [2.05, 4.69) is 11.4 Å². The second-order valence-electron chi connectivity index (χ2n) is 3.85. The lowest BCUT2D eigenvalue weighted by atomic mass is 9.92. The SMILES string of the molecule is CC(C#N)NC(C)(CO)c1ccccc1. The number of aliphatic hydroxyl groups excluding tert-OH is 1. The minimum atomic E-state index is -0.559. The molecule has 2 atom stereocenters. The molecule has 0 saturated heterocycles. The molecule has 0 radical (unpaired) electrons. The fraction of sp³-hybridized carbons (Fsp3) is 0.417. The van der Waals surface area contributed by atoms with Gasteiger partial charge in [-0.3, -0.25) is 5.32 Å². The van der Waals surface area contributed by atoms with E-state index < -0.39 is 5.54 Å². The molecule has 1 aromatic carbocycles. The highest BCUT2D eigenvalue weighted by Gasteiger charge is 2.26.